The van der Waals surface area contributed by atoms with Crippen molar-refractivity contribution in [3.63, 3.8) is 0 Å². The second-order valence-electron chi connectivity index (χ2n) is 5.25. The van der Waals surface area contributed by atoms with E-state index in [0.29, 0.717) is 36.9 Å². The van der Waals surface area contributed by atoms with Gasteiger partial charge in [-0.2, -0.15) is 0 Å². The second-order valence-corrected chi connectivity index (χ2v) is 5.25. The molecule has 22 heavy (non-hydrogen) atoms. The predicted molar refractivity (Wildman–Crippen MR) is 77.7 cm³/mol. The lowest BCUT2D eigenvalue weighted by atomic mass is 10.1. The maximum Gasteiger partial charge on any atom is 0.251 e. The molecule has 0 N–H and O–H groups in total. The molecule has 0 radical (unpaired) electrons. The molecule has 1 aromatic carbocycles. The van der Waals surface area contributed by atoms with Crippen molar-refractivity contribution in [3.05, 3.63) is 18.2 Å². The molecule has 1 unspecified atom stereocenters. The first-order chi connectivity index (χ1) is 10.6. The predicted octanol–water partition coefficient (Wildman–Crippen LogP) is 0.830. The largest absolute Gasteiger partial charge is 0.486 e. The van der Waals surface area contributed by atoms with E-state index >= 15 is 0 Å². The molecule has 2 aliphatic heterocycles. The van der Waals surface area contributed by atoms with Gasteiger partial charge < -0.3 is 14.4 Å². The minimum Gasteiger partial charge on any atom is -0.486 e. The number of hydroxylamine groups is 2. The number of nitrogens with zero attached hydrogens (tertiary/aromatic N) is 2. The monoisotopic (exact) mass is 306 g/mol. The number of amides is 2. The first-order valence-electron chi connectivity index (χ1n) is 7.12. The van der Waals surface area contributed by atoms with Crippen LogP contribution < -0.4 is 14.4 Å². The lowest BCUT2D eigenvalue weighted by molar-refractivity contribution is -0.172. The van der Waals surface area contributed by atoms with Crippen LogP contribution in [0, 0.1) is 5.92 Å². The van der Waals surface area contributed by atoms with Crippen molar-refractivity contribution < 1.29 is 23.9 Å². The van der Waals surface area contributed by atoms with E-state index in [-0.39, 0.29) is 18.2 Å². The highest BCUT2D eigenvalue weighted by molar-refractivity contribution is 6.00. The summed E-state index contributed by atoms with van der Waals surface area (Å²) in [5.74, 6) is 0.620. The van der Waals surface area contributed by atoms with Crippen LogP contribution in [0.2, 0.25) is 0 Å². The molecule has 7 heteroatoms. The fourth-order valence-corrected chi connectivity index (χ4v) is 2.67. The van der Waals surface area contributed by atoms with Crippen LogP contribution in [0.25, 0.3) is 0 Å². The molecule has 1 aromatic rings. The van der Waals surface area contributed by atoms with Gasteiger partial charge in [0.1, 0.15) is 13.2 Å². The summed E-state index contributed by atoms with van der Waals surface area (Å²) in [6, 6.07) is 5.37. The molecule has 7 nitrogen and oxygen atoms in total. The Hall–Kier alpha value is -2.28. The zero-order valence-corrected chi connectivity index (χ0v) is 12.6. The van der Waals surface area contributed by atoms with Gasteiger partial charge >= 0.3 is 0 Å². The first kappa shape index (κ1) is 14.6. The number of hydrogen-bond donors (Lipinski definition) is 0. The minimum atomic E-state index is -0.398. The van der Waals surface area contributed by atoms with Crippen molar-refractivity contribution in [2.24, 2.45) is 5.92 Å². The van der Waals surface area contributed by atoms with Crippen LogP contribution in [-0.4, -0.2) is 50.8 Å². The van der Waals surface area contributed by atoms with E-state index in [1.54, 1.807) is 30.1 Å². The normalized spacial score (nSPS) is 20.2. The highest BCUT2D eigenvalue weighted by atomic mass is 16.7. The highest BCUT2D eigenvalue weighted by Gasteiger charge is 2.37. The molecule has 0 spiro atoms. The summed E-state index contributed by atoms with van der Waals surface area (Å²) in [4.78, 5) is 30.8. The Bertz CT molecular complexity index is 604. The molecule has 0 aromatic heterocycles. The molecule has 2 heterocycles. The molecule has 1 fully saturated rings. The summed E-state index contributed by atoms with van der Waals surface area (Å²) in [5, 5.41) is 1.16. The summed E-state index contributed by atoms with van der Waals surface area (Å²) in [6.07, 6.45) is 0.182. The van der Waals surface area contributed by atoms with E-state index in [0.717, 1.165) is 5.06 Å². The Kier molecular flexibility index (Phi) is 3.89. The van der Waals surface area contributed by atoms with Crippen LogP contribution in [0.3, 0.4) is 0 Å². The lowest BCUT2D eigenvalue weighted by Gasteiger charge is -2.22. The fourth-order valence-electron chi connectivity index (χ4n) is 2.67. The zero-order valence-electron chi connectivity index (χ0n) is 12.6. The summed E-state index contributed by atoms with van der Waals surface area (Å²) >= 11 is 0. The Morgan fingerprint density at radius 2 is 2.05 bits per heavy atom. The van der Waals surface area contributed by atoms with E-state index in [1.165, 1.54) is 7.11 Å². The summed E-state index contributed by atoms with van der Waals surface area (Å²) in [7, 11) is 2.97. The summed E-state index contributed by atoms with van der Waals surface area (Å²) in [5.41, 5.74) is 0.713. The van der Waals surface area contributed by atoms with Crippen LogP contribution in [0.1, 0.15) is 6.42 Å². The Balaban J connectivity index is 1.78. The van der Waals surface area contributed by atoms with Gasteiger partial charge in [0.05, 0.1) is 13.0 Å². The van der Waals surface area contributed by atoms with Crippen molar-refractivity contribution >= 4 is 17.5 Å². The number of rotatable bonds is 3. The number of benzene rings is 1. The Morgan fingerprint density at radius 1 is 1.32 bits per heavy atom. The van der Waals surface area contributed by atoms with Crippen molar-refractivity contribution in [2.75, 3.05) is 38.8 Å². The van der Waals surface area contributed by atoms with Gasteiger partial charge in [0.2, 0.25) is 5.91 Å². The SMILES string of the molecule is CON(C)C(=O)C1CC(=O)N(c2ccc3c(c2)OCCO3)C1. The van der Waals surface area contributed by atoms with E-state index in [1.807, 2.05) is 0 Å². The molecular formula is C15H18N2O5. The fraction of sp³-hybridized carbons (Fsp3) is 0.467. The third-order valence-corrected chi connectivity index (χ3v) is 3.90. The average Bonchev–Trinajstić information content (AvgIpc) is 2.94. The molecule has 118 valence electrons. The molecular weight excluding hydrogens is 288 g/mol. The number of anilines is 1. The number of carbonyl (C=O) groups excluding carboxylic acids is 2. The minimum absolute atomic E-state index is 0.0838. The van der Waals surface area contributed by atoms with Gasteiger partial charge in [-0.1, -0.05) is 0 Å². The molecule has 2 amide bonds. The molecule has 2 aliphatic rings. The van der Waals surface area contributed by atoms with Gasteiger partial charge in [0.25, 0.3) is 5.91 Å². The van der Waals surface area contributed by atoms with E-state index in [9.17, 15) is 9.59 Å². The van der Waals surface area contributed by atoms with E-state index in [4.69, 9.17) is 14.3 Å². The molecule has 1 saturated heterocycles. The van der Waals surface area contributed by atoms with E-state index in [2.05, 4.69) is 0 Å². The van der Waals surface area contributed by atoms with Crippen LogP contribution in [0.5, 0.6) is 11.5 Å². The molecule has 3 rings (SSSR count). The van der Waals surface area contributed by atoms with Crippen molar-refractivity contribution in [1.82, 2.24) is 5.06 Å². The van der Waals surface area contributed by atoms with Gasteiger partial charge in [-0.05, 0) is 12.1 Å². The van der Waals surface area contributed by atoms with Gasteiger partial charge in [0, 0.05) is 31.8 Å². The average molecular weight is 306 g/mol. The van der Waals surface area contributed by atoms with Crippen LogP contribution in [0.15, 0.2) is 18.2 Å². The zero-order chi connectivity index (χ0) is 15.7. The number of carbonyl (C=O) groups is 2. The molecule has 0 aliphatic carbocycles. The maximum absolute atomic E-state index is 12.2. The lowest BCUT2D eigenvalue weighted by Crippen LogP contribution is -2.34. The number of hydrogen-bond acceptors (Lipinski definition) is 5. The third-order valence-electron chi connectivity index (χ3n) is 3.90. The Labute approximate surface area is 128 Å². The van der Waals surface area contributed by atoms with Gasteiger partial charge in [-0.15, -0.1) is 0 Å². The second kappa shape index (κ2) is 5.84. The smallest absolute Gasteiger partial charge is 0.251 e. The van der Waals surface area contributed by atoms with Crippen LogP contribution in [-0.2, 0) is 14.4 Å². The van der Waals surface area contributed by atoms with Crippen molar-refractivity contribution in [2.45, 2.75) is 6.42 Å². The number of ether oxygens (including phenoxy) is 2. The number of fused-ring (bicyclic) bond motifs is 1. The quantitative estimate of drug-likeness (QED) is 0.774. The van der Waals surface area contributed by atoms with Crippen molar-refractivity contribution in [3.8, 4) is 11.5 Å². The maximum atomic E-state index is 12.2. The molecule has 0 bridgehead atoms. The van der Waals surface area contributed by atoms with Crippen LogP contribution in [0.4, 0.5) is 5.69 Å². The summed E-state index contributed by atoms with van der Waals surface area (Å²) < 4.78 is 11.0. The van der Waals surface area contributed by atoms with Gasteiger partial charge in [-0.25, -0.2) is 5.06 Å². The highest BCUT2D eigenvalue weighted by Crippen LogP contribution is 2.36. The Morgan fingerprint density at radius 3 is 2.77 bits per heavy atom. The van der Waals surface area contributed by atoms with E-state index < -0.39 is 5.92 Å². The van der Waals surface area contributed by atoms with Gasteiger partial charge in [-0.3, -0.25) is 14.4 Å². The van der Waals surface area contributed by atoms with Crippen molar-refractivity contribution in [1.29, 1.82) is 0 Å². The van der Waals surface area contributed by atoms with Gasteiger partial charge in [0.15, 0.2) is 11.5 Å². The standard InChI is InChI=1S/C15H18N2O5/c1-16(20-2)15(19)10-7-14(18)17(9-10)11-3-4-12-13(8-11)22-6-5-21-12/h3-4,8,10H,5-7,9H2,1-2H3. The third kappa shape index (κ3) is 2.59. The molecule has 1 atom stereocenters. The summed E-state index contributed by atoms with van der Waals surface area (Å²) in [6.45, 7) is 1.35. The van der Waals surface area contributed by atoms with Crippen LogP contribution >= 0.6 is 0 Å². The first-order valence-corrected chi connectivity index (χ1v) is 7.12. The molecule has 0 saturated carbocycles. The topological polar surface area (TPSA) is 68.3 Å².